The Bertz CT molecular complexity index is 526. The smallest absolute Gasteiger partial charge is 0.221 e. The number of hydrogen-bond acceptors (Lipinski definition) is 3. The number of amides is 1. The van der Waals surface area contributed by atoms with Crippen LogP contribution in [0.25, 0.3) is 0 Å². The molecule has 0 bridgehead atoms. The molecule has 5 heteroatoms. The fourth-order valence-corrected chi connectivity index (χ4v) is 3.16. The summed E-state index contributed by atoms with van der Waals surface area (Å²) in [6, 6.07) is 4.10. The van der Waals surface area contributed by atoms with Crippen molar-refractivity contribution in [1.29, 1.82) is 0 Å². The third-order valence-electron chi connectivity index (χ3n) is 4.37. The van der Waals surface area contributed by atoms with Gasteiger partial charge in [-0.2, -0.15) is 0 Å². The number of benzene rings is 1. The number of halogens is 1. The van der Waals surface area contributed by atoms with E-state index in [-0.39, 0.29) is 5.91 Å². The first kappa shape index (κ1) is 17.9. The SMILES string of the molecule is COc1cc(Cl)c(C)cc1NCCC(=O)NC1CCCCCC1. The lowest BCUT2D eigenvalue weighted by Crippen LogP contribution is -2.35. The number of aryl methyl sites for hydroxylation is 1. The lowest BCUT2D eigenvalue weighted by molar-refractivity contribution is -0.121. The van der Waals surface area contributed by atoms with Crippen molar-refractivity contribution in [2.45, 2.75) is 57.9 Å². The predicted octanol–water partition coefficient (Wildman–Crippen LogP) is 4.30. The van der Waals surface area contributed by atoms with Crippen LogP contribution in [0.4, 0.5) is 5.69 Å². The van der Waals surface area contributed by atoms with Crippen LogP contribution in [0.3, 0.4) is 0 Å². The third kappa shape index (κ3) is 5.61. The minimum atomic E-state index is 0.119. The van der Waals surface area contributed by atoms with Gasteiger partial charge in [0, 0.05) is 30.1 Å². The molecule has 1 fully saturated rings. The average Bonchev–Trinajstić information content (AvgIpc) is 2.79. The van der Waals surface area contributed by atoms with Crippen LogP contribution in [-0.4, -0.2) is 25.6 Å². The first-order valence-corrected chi connectivity index (χ1v) is 8.85. The maximum atomic E-state index is 12.1. The van der Waals surface area contributed by atoms with Gasteiger partial charge in [0.1, 0.15) is 5.75 Å². The largest absolute Gasteiger partial charge is 0.495 e. The molecule has 4 nitrogen and oxygen atoms in total. The number of rotatable bonds is 6. The Morgan fingerprint density at radius 3 is 2.61 bits per heavy atom. The van der Waals surface area contributed by atoms with Crippen molar-refractivity contribution in [1.82, 2.24) is 5.32 Å². The summed E-state index contributed by atoms with van der Waals surface area (Å²) >= 11 is 6.10. The molecule has 0 unspecified atom stereocenters. The summed E-state index contributed by atoms with van der Waals surface area (Å²) in [7, 11) is 1.62. The molecule has 0 spiro atoms. The molecule has 1 aromatic carbocycles. The number of ether oxygens (including phenoxy) is 1. The molecule has 128 valence electrons. The zero-order valence-electron chi connectivity index (χ0n) is 14.1. The van der Waals surface area contributed by atoms with Gasteiger partial charge >= 0.3 is 0 Å². The van der Waals surface area contributed by atoms with Gasteiger partial charge in [-0.25, -0.2) is 0 Å². The van der Waals surface area contributed by atoms with Crippen LogP contribution < -0.4 is 15.4 Å². The fourth-order valence-electron chi connectivity index (χ4n) is 3.00. The third-order valence-corrected chi connectivity index (χ3v) is 4.78. The Morgan fingerprint density at radius 2 is 1.96 bits per heavy atom. The lowest BCUT2D eigenvalue weighted by Gasteiger charge is -2.17. The highest BCUT2D eigenvalue weighted by Gasteiger charge is 2.14. The first-order valence-electron chi connectivity index (χ1n) is 8.47. The summed E-state index contributed by atoms with van der Waals surface area (Å²) in [6.07, 6.45) is 7.73. The van der Waals surface area contributed by atoms with Gasteiger partial charge in [-0.05, 0) is 31.4 Å². The number of nitrogens with one attached hydrogen (secondary N) is 2. The minimum absolute atomic E-state index is 0.119. The van der Waals surface area contributed by atoms with Crippen molar-refractivity contribution < 1.29 is 9.53 Å². The highest BCUT2D eigenvalue weighted by atomic mass is 35.5. The summed E-state index contributed by atoms with van der Waals surface area (Å²) in [5.41, 5.74) is 1.86. The molecule has 2 N–H and O–H groups in total. The molecule has 2 rings (SSSR count). The van der Waals surface area contributed by atoms with Crippen LogP contribution in [0.2, 0.25) is 5.02 Å². The van der Waals surface area contributed by atoms with Crippen LogP contribution in [0.5, 0.6) is 5.75 Å². The zero-order chi connectivity index (χ0) is 16.7. The Hall–Kier alpha value is -1.42. The van der Waals surface area contributed by atoms with E-state index < -0.39 is 0 Å². The first-order chi connectivity index (χ1) is 11.1. The summed E-state index contributed by atoms with van der Waals surface area (Å²) in [6.45, 7) is 2.53. The molecule has 0 aromatic heterocycles. The van der Waals surface area contributed by atoms with Gasteiger partial charge in [0.2, 0.25) is 5.91 Å². The van der Waals surface area contributed by atoms with E-state index in [2.05, 4.69) is 10.6 Å². The molecule has 1 aliphatic carbocycles. The van der Waals surface area contributed by atoms with E-state index in [0.29, 0.717) is 29.8 Å². The Morgan fingerprint density at radius 1 is 1.26 bits per heavy atom. The van der Waals surface area contributed by atoms with Gasteiger partial charge in [-0.3, -0.25) is 4.79 Å². The molecule has 0 atom stereocenters. The number of carbonyl (C=O) groups is 1. The van der Waals surface area contributed by atoms with E-state index in [1.807, 2.05) is 13.0 Å². The van der Waals surface area contributed by atoms with E-state index in [0.717, 1.165) is 24.1 Å². The summed E-state index contributed by atoms with van der Waals surface area (Å²) < 4.78 is 5.33. The molecule has 0 radical (unpaired) electrons. The minimum Gasteiger partial charge on any atom is -0.495 e. The van der Waals surface area contributed by atoms with Crippen molar-refractivity contribution in [2.75, 3.05) is 19.0 Å². The zero-order valence-corrected chi connectivity index (χ0v) is 14.8. The number of methoxy groups -OCH3 is 1. The topological polar surface area (TPSA) is 50.4 Å². The lowest BCUT2D eigenvalue weighted by atomic mass is 10.1. The van der Waals surface area contributed by atoms with Crippen molar-refractivity contribution in [2.24, 2.45) is 0 Å². The number of hydrogen-bond donors (Lipinski definition) is 2. The van der Waals surface area contributed by atoms with Crippen molar-refractivity contribution in [3.8, 4) is 5.75 Å². The molecular formula is C18H27ClN2O2. The van der Waals surface area contributed by atoms with Gasteiger partial charge in [-0.1, -0.05) is 37.3 Å². The van der Waals surface area contributed by atoms with Crippen molar-refractivity contribution in [3.63, 3.8) is 0 Å². The number of anilines is 1. The second-order valence-electron chi connectivity index (χ2n) is 6.23. The maximum absolute atomic E-state index is 12.1. The van der Waals surface area contributed by atoms with E-state index in [4.69, 9.17) is 16.3 Å². The van der Waals surface area contributed by atoms with Crippen molar-refractivity contribution in [3.05, 3.63) is 22.7 Å². The number of carbonyl (C=O) groups excluding carboxylic acids is 1. The molecule has 0 aliphatic heterocycles. The van der Waals surface area contributed by atoms with Gasteiger partial charge in [0.15, 0.2) is 0 Å². The van der Waals surface area contributed by atoms with Crippen LogP contribution >= 0.6 is 11.6 Å². The van der Waals surface area contributed by atoms with E-state index in [1.54, 1.807) is 13.2 Å². The van der Waals surface area contributed by atoms with Crippen molar-refractivity contribution >= 4 is 23.2 Å². The normalized spacial score (nSPS) is 15.8. The maximum Gasteiger partial charge on any atom is 0.221 e. The standard InChI is InChI=1S/C18H27ClN2O2/c1-13-11-16(17(23-2)12-15(13)19)20-10-9-18(22)21-14-7-5-3-4-6-8-14/h11-12,14,20H,3-10H2,1-2H3,(H,21,22). The average molecular weight is 339 g/mol. The van der Waals surface area contributed by atoms with E-state index in [9.17, 15) is 4.79 Å². The highest BCUT2D eigenvalue weighted by molar-refractivity contribution is 6.31. The molecule has 1 amide bonds. The molecule has 0 saturated heterocycles. The monoisotopic (exact) mass is 338 g/mol. The van der Waals surface area contributed by atoms with Crippen LogP contribution in [0.15, 0.2) is 12.1 Å². The molecular weight excluding hydrogens is 312 g/mol. The van der Waals surface area contributed by atoms with E-state index >= 15 is 0 Å². The molecule has 1 saturated carbocycles. The predicted molar refractivity (Wildman–Crippen MR) is 95.5 cm³/mol. The van der Waals surface area contributed by atoms with Crippen LogP contribution in [-0.2, 0) is 4.79 Å². The second-order valence-corrected chi connectivity index (χ2v) is 6.64. The molecule has 23 heavy (non-hydrogen) atoms. The van der Waals surface area contributed by atoms with Crippen LogP contribution in [0, 0.1) is 6.92 Å². The molecule has 1 aromatic rings. The van der Waals surface area contributed by atoms with Gasteiger partial charge in [0.05, 0.1) is 12.8 Å². The van der Waals surface area contributed by atoms with Crippen LogP contribution in [0.1, 0.15) is 50.5 Å². The second kappa shape index (κ2) is 9.02. The van der Waals surface area contributed by atoms with Gasteiger partial charge in [-0.15, -0.1) is 0 Å². The summed E-state index contributed by atoms with van der Waals surface area (Å²) in [4.78, 5) is 12.1. The summed E-state index contributed by atoms with van der Waals surface area (Å²) in [5.74, 6) is 0.818. The molecule has 0 heterocycles. The van der Waals surface area contributed by atoms with Gasteiger partial charge < -0.3 is 15.4 Å². The Labute approximate surface area is 143 Å². The fraction of sp³-hybridized carbons (Fsp3) is 0.611. The molecule has 1 aliphatic rings. The van der Waals surface area contributed by atoms with E-state index in [1.165, 1.54) is 25.7 Å². The quantitative estimate of drug-likeness (QED) is 0.760. The highest BCUT2D eigenvalue weighted by Crippen LogP contribution is 2.30. The Kier molecular flexibility index (Phi) is 7.03. The van der Waals surface area contributed by atoms with Gasteiger partial charge in [0.25, 0.3) is 0 Å². The Balaban J connectivity index is 1.80. The summed E-state index contributed by atoms with van der Waals surface area (Å²) in [5, 5.41) is 7.11.